The average molecular weight is 688 g/mol. The topological polar surface area (TPSA) is 69.6 Å². The van der Waals surface area contributed by atoms with Gasteiger partial charge in [0.2, 0.25) is 5.91 Å². The summed E-state index contributed by atoms with van der Waals surface area (Å²) in [7, 11) is 0. The summed E-state index contributed by atoms with van der Waals surface area (Å²) >= 11 is 0. The molecule has 0 aromatic rings. The first kappa shape index (κ1) is 47.6. The quantitative estimate of drug-likeness (QED) is 0.0445. The van der Waals surface area contributed by atoms with Crippen LogP contribution < -0.4 is 5.32 Å². The standard InChI is InChI=1S/C45H85NO3/c1-3-5-7-9-11-13-15-17-19-20-21-22-23-24-25-27-28-30-32-34-36-38-40-44(48)43(42-47)46-45(49)41-39-37-35-33-31-29-26-18-16-14-12-10-8-6-4-2/h14,16,30,32,38,40,43-44,47-48H,3-13,15,17-29,31,33-37,39,41-42H2,1-2H3,(H,46,49)/b16-14-,32-30+,40-38+. The van der Waals surface area contributed by atoms with Gasteiger partial charge in [0, 0.05) is 6.42 Å². The summed E-state index contributed by atoms with van der Waals surface area (Å²) in [5.74, 6) is -0.0787. The fourth-order valence-electron chi connectivity index (χ4n) is 6.48. The lowest BCUT2D eigenvalue weighted by atomic mass is 10.0. The molecule has 0 aromatic carbocycles. The molecule has 0 radical (unpaired) electrons. The fraction of sp³-hybridized carbons (Fsp3) is 0.844. The highest BCUT2D eigenvalue weighted by molar-refractivity contribution is 5.76. The summed E-state index contributed by atoms with van der Waals surface area (Å²) in [5.41, 5.74) is 0. The summed E-state index contributed by atoms with van der Waals surface area (Å²) in [4.78, 5) is 12.3. The third kappa shape index (κ3) is 37.7. The maximum atomic E-state index is 12.3. The molecule has 0 aliphatic rings. The Labute approximate surface area is 306 Å². The maximum absolute atomic E-state index is 12.3. The van der Waals surface area contributed by atoms with Crippen molar-refractivity contribution in [1.29, 1.82) is 0 Å². The van der Waals surface area contributed by atoms with E-state index in [1.165, 1.54) is 173 Å². The molecule has 0 aliphatic carbocycles. The van der Waals surface area contributed by atoms with Gasteiger partial charge in [-0.05, 0) is 57.8 Å². The minimum Gasteiger partial charge on any atom is -0.394 e. The molecule has 0 saturated carbocycles. The van der Waals surface area contributed by atoms with Gasteiger partial charge >= 0.3 is 0 Å². The fourth-order valence-corrected chi connectivity index (χ4v) is 6.48. The van der Waals surface area contributed by atoms with Gasteiger partial charge in [0.05, 0.1) is 18.8 Å². The van der Waals surface area contributed by atoms with Gasteiger partial charge in [0.15, 0.2) is 0 Å². The number of unbranched alkanes of at least 4 members (excludes halogenated alkanes) is 28. The minimum atomic E-state index is -0.862. The first-order valence-electron chi connectivity index (χ1n) is 21.7. The van der Waals surface area contributed by atoms with Crippen LogP contribution in [-0.4, -0.2) is 34.9 Å². The molecule has 288 valence electrons. The second-order valence-corrected chi connectivity index (χ2v) is 14.8. The number of rotatable bonds is 39. The Hall–Kier alpha value is -1.39. The Morgan fingerprint density at radius 2 is 0.796 bits per heavy atom. The van der Waals surface area contributed by atoms with Crippen molar-refractivity contribution in [3.05, 3.63) is 36.5 Å². The van der Waals surface area contributed by atoms with E-state index in [1.807, 2.05) is 6.08 Å². The normalized spacial score (nSPS) is 13.3. The van der Waals surface area contributed by atoms with Crippen molar-refractivity contribution in [2.24, 2.45) is 0 Å². The molecule has 4 heteroatoms. The average Bonchev–Trinajstić information content (AvgIpc) is 3.10. The van der Waals surface area contributed by atoms with Crippen molar-refractivity contribution < 1.29 is 15.0 Å². The van der Waals surface area contributed by atoms with Gasteiger partial charge in [0.1, 0.15) is 0 Å². The second kappa shape index (κ2) is 41.0. The number of allylic oxidation sites excluding steroid dienone is 5. The Morgan fingerprint density at radius 3 is 1.20 bits per heavy atom. The number of nitrogens with one attached hydrogen (secondary N) is 1. The lowest BCUT2D eigenvalue weighted by Gasteiger charge is -2.19. The Bertz CT molecular complexity index is 746. The third-order valence-electron chi connectivity index (χ3n) is 9.85. The first-order valence-corrected chi connectivity index (χ1v) is 21.7. The van der Waals surface area contributed by atoms with Crippen LogP contribution in [0.3, 0.4) is 0 Å². The molecular weight excluding hydrogens is 602 g/mol. The number of hydrogen-bond donors (Lipinski definition) is 3. The van der Waals surface area contributed by atoms with Gasteiger partial charge in [-0.25, -0.2) is 0 Å². The van der Waals surface area contributed by atoms with Crippen LogP contribution in [0, 0.1) is 0 Å². The van der Waals surface area contributed by atoms with Crippen LogP contribution in [-0.2, 0) is 4.79 Å². The summed E-state index contributed by atoms with van der Waals surface area (Å²) < 4.78 is 0. The second-order valence-electron chi connectivity index (χ2n) is 14.8. The Balaban J connectivity index is 3.60. The smallest absolute Gasteiger partial charge is 0.220 e. The van der Waals surface area contributed by atoms with E-state index in [9.17, 15) is 15.0 Å². The Morgan fingerprint density at radius 1 is 0.469 bits per heavy atom. The molecule has 0 saturated heterocycles. The van der Waals surface area contributed by atoms with E-state index in [1.54, 1.807) is 6.08 Å². The van der Waals surface area contributed by atoms with E-state index < -0.39 is 12.1 Å². The highest BCUT2D eigenvalue weighted by Crippen LogP contribution is 2.15. The minimum absolute atomic E-state index is 0.0787. The molecule has 2 unspecified atom stereocenters. The highest BCUT2D eigenvalue weighted by atomic mass is 16.3. The molecule has 0 spiro atoms. The molecule has 49 heavy (non-hydrogen) atoms. The zero-order valence-corrected chi connectivity index (χ0v) is 33.0. The van der Waals surface area contributed by atoms with Crippen molar-refractivity contribution in [3.8, 4) is 0 Å². The first-order chi connectivity index (χ1) is 24.2. The molecule has 3 N–H and O–H groups in total. The molecule has 0 fully saturated rings. The third-order valence-corrected chi connectivity index (χ3v) is 9.85. The van der Waals surface area contributed by atoms with Crippen molar-refractivity contribution in [2.45, 2.75) is 238 Å². The molecular formula is C45H85NO3. The van der Waals surface area contributed by atoms with Gasteiger partial charge < -0.3 is 15.5 Å². The molecule has 2 atom stereocenters. The van der Waals surface area contributed by atoms with Gasteiger partial charge in [0.25, 0.3) is 0 Å². The van der Waals surface area contributed by atoms with Gasteiger partial charge in [-0.15, -0.1) is 0 Å². The van der Waals surface area contributed by atoms with Crippen LogP contribution >= 0.6 is 0 Å². The number of carbonyl (C=O) groups excluding carboxylic acids is 1. The predicted molar refractivity (Wildman–Crippen MR) is 216 cm³/mol. The molecule has 0 heterocycles. The number of hydrogen-bond acceptors (Lipinski definition) is 3. The van der Waals surface area contributed by atoms with E-state index in [0.29, 0.717) is 6.42 Å². The van der Waals surface area contributed by atoms with Crippen molar-refractivity contribution in [3.63, 3.8) is 0 Å². The van der Waals surface area contributed by atoms with Gasteiger partial charge in [-0.1, -0.05) is 198 Å². The van der Waals surface area contributed by atoms with Crippen molar-refractivity contribution in [2.75, 3.05) is 6.61 Å². The van der Waals surface area contributed by atoms with Crippen LogP contribution in [0.5, 0.6) is 0 Å². The molecule has 0 aliphatic heterocycles. The van der Waals surface area contributed by atoms with E-state index >= 15 is 0 Å². The number of carbonyl (C=O) groups is 1. The number of amides is 1. The van der Waals surface area contributed by atoms with Crippen LogP contribution in [0.25, 0.3) is 0 Å². The van der Waals surface area contributed by atoms with E-state index in [-0.39, 0.29) is 12.5 Å². The Kier molecular flexibility index (Phi) is 39.9. The molecule has 4 nitrogen and oxygen atoms in total. The molecule has 0 bridgehead atoms. The molecule has 0 rings (SSSR count). The summed E-state index contributed by atoms with van der Waals surface area (Å²) in [5, 5.41) is 23.0. The van der Waals surface area contributed by atoms with Crippen molar-refractivity contribution >= 4 is 5.91 Å². The van der Waals surface area contributed by atoms with E-state index in [4.69, 9.17) is 0 Å². The zero-order valence-electron chi connectivity index (χ0n) is 33.0. The molecule has 1 amide bonds. The van der Waals surface area contributed by atoms with Crippen molar-refractivity contribution in [1.82, 2.24) is 5.32 Å². The molecule has 0 aromatic heterocycles. The van der Waals surface area contributed by atoms with Crippen LogP contribution in [0.4, 0.5) is 0 Å². The van der Waals surface area contributed by atoms with E-state index in [2.05, 4.69) is 43.5 Å². The highest BCUT2D eigenvalue weighted by Gasteiger charge is 2.17. The van der Waals surface area contributed by atoms with Crippen LogP contribution in [0.15, 0.2) is 36.5 Å². The lowest BCUT2D eigenvalue weighted by Crippen LogP contribution is -2.45. The van der Waals surface area contributed by atoms with Gasteiger partial charge in [-0.2, -0.15) is 0 Å². The summed E-state index contributed by atoms with van der Waals surface area (Å²) in [6.07, 6.45) is 53.9. The number of aliphatic hydroxyl groups excluding tert-OH is 2. The lowest BCUT2D eigenvalue weighted by molar-refractivity contribution is -0.123. The number of aliphatic hydroxyl groups is 2. The van der Waals surface area contributed by atoms with Gasteiger partial charge in [-0.3, -0.25) is 4.79 Å². The van der Waals surface area contributed by atoms with E-state index in [0.717, 1.165) is 32.1 Å². The SMILES string of the molecule is CCCCCC/C=C\CCCCCCCCCC(=O)NC(CO)C(O)/C=C/CC/C=C/CCCCCCCCCCCCCCCCCC. The van der Waals surface area contributed by atoms with Crippen LogP contribution in [0.1, 0.15) is 226 Å². The maximum Gasteiger partial charge on any atom is 0.220 e. The summed E-state index contributed by atoms with van der Waals surface area (Å²) in [6.45, 7) is 4.29. The monoisotopic (exact) mass is 688 g/mol. The largest absolute Gasteiger partial charge is 0.394 e. The zero-order chi connectivity index (χ0) is 35.7. The predicted octanol–water partition coefficient (Wildman–Crippen LogP) is 13.4. The summed E-state index contributed by atoms with van der Waals surface area (Å²) in [6, 6.07) is -0.639. The van der Waals surface area contributed by atoms with Crippen LogP contribution in [0.2, 0.25) is 0 Å².